The summed E-state index contributed by atoms with van der Waals surface area (Å²) in [6.45, 7) is 5.42. The van der Waals surface area contributed by atoms with Gasteiger partial charge in [-0.05, 0) is 32.9 Å². The van der Waals surface area contributed by atoms with Crippen molar-refractivity contribution in [3.05, 3.63) is 40.8 Å². The first-order chi connectivity index (χ1) is 13.6. The van der Waals surface area contributed by atoms with Gasteiger partial charge >= 0.3 is 5.97 Å². The smallest absolute Gasteiger partial charge is 0.342 e. The zero-order valence-corrected chi connectivity index (χ0v) is 17.4. The summed E-state index contributed by atoms with van der Waals surface area (Å²) in [4.78, 5) is 23.0. The predicted molar refractivity (Wildman–Crippen MR) is 110 cm³/mol. The maximum Gasteiger partial charge on any atom is 0.342 e. The Hall–Kier alpha value is -3.38. The number of imidazole rings is 1. The molecule has 0 fully saturated rings. The van der Waals surface area contributed by atoms with Crippen molar-refractivity contribution in [1.29, 1.82) is 5.26 Å². The molecule has 150 valence electrons. The number of fused-ring (bicyclic) bond motifs is 1. The maximum atomic E-state index is 12.5. The molecule has 1 N–H and O–H groups in total. The highest BCUT2D eigenvalue weighted by Crippen LogP contribution is 2.27. The van der Waals surface area contributed by atoms with Crippen LogP contribution in [0.15, 0.2) is 24.4 Å². The van der Waals surface area contributed by atoms with E-state index in [0.717, 1.165) is 0 Å². The molecule has 3 heterocycles. The summed E-state index contributed by atoms with van der Waals surface area (Å²) < 4.78 is 6.82. The molecule has 3 rings (SSSR count). The minimum Gasteiger partial charge on any atom is -0.456 e. The number of aromatic nitrogens is 4. The van der Waals surface area contributed by atoms with E-state index in [1.807, 2.05) is 26.8 Å². The van der Waals surface area contributed by atoms with Crippen LogP contribution < -0.4 is 10.2 Å². The Morgan fingerprint density at radius 2 is 2.07 bits per heavy atom. The summed E-state index contributed by atoms with van der Waals surface area (Å²) in [5.41, 5.74) is 0.939. The maximum absolute atomic E-state index is 12.5. The second kappa shape index (κ2) is 7.56. The Balaban J connectivity index is 2.00. The van der Waals surface area contributed by atoms with Crippen molar-refractivity contribution in [3.8, 4) is 6.07 Å². The fraction of sp³-hybridized carbons (Fsp3) is 0.316. The van der Waals surface area contributed by atoms with Crippen molar-refractivity contribution in [2.75, 3.05) is 24.3 Å². The van der Waals surface area contributed by atoms with E-state index in [0.29, 0.717) is 28.5 Å². The first kappa shape index (κ1) is 20.4. The molecule has 0 aromatic carbocycles. The molecule has 0 aliphatic heterocycles. The number of esters is 1. The summed E-state index contributed by atoms with van der Waals surface area (Å²) in [6.07, 6.45) is 1.41. The largest absolute Gasteiger partial charge is 0.456 e. The molecule has 29 heavy (non-hydrogen) atoms. The molecule has 0 aliphatic rings. The van der Waals surface area contributed by atoms with E-state index < -0.39 is 11.6 Å². The van der Waals surface area contributed by atoms with Gasteiger partial charge in [0.2, 0.25) is 0 Å². The van der Waals surface area contributed by atoms with Gasteiger partial charge in [0.05, 0.1) is 11.9 Å². The zero-order valence-electron chi connectivity index (χ0n) is 16.7. The van der Waals surface area contributed by atoms with Gasteiger partial charge in [-0.25, -0.2) is 14.8 Å². The van der Waals surface area contributed by atoms with Crippen LogP contribution in [-0.4, -0.2) is 45.2 Å². The molecule has 0 aliphatic carbocycles. The van der Waals surface area contributed by atoms with Crippen LogP contribution in [0.2, 0.25) is 5.15 Å². The van der Waals surface area contributed by atoms with Crippen molar-refractivity contribution in [2.45, 2.75) is 26.4 Å². The SMILES string of the molecule is CN(C)c1nc(Nc2cc(Cl)nn3c(C#N)cnc23)ccc1C(=O)OC(C)(C)C. The number of nitrogens with zero attached hydrogens (tertiary/aromatic N) is 6. The van der Waals surface area contributed by atoms with Crippen molar-refractivity contribution in [1.82, 2.24) is 19.6 Å². The lowest BCUT2D eigenvalue weighted by molar-refractivity contribution is 0.00700. The quantitative estimate of drug-likeness (QED) is 0.648. The number of carbonyl (C=O) groups excluding carboxylic acids is 1. The highest BCUT2D eigenvalue weighted by molar-refractivity contribution is 6.29. The number of halogens is 1. The lowest BCUT2D eigenvalue weighted by Crippen LogP contribution is -2.26. The molecule has 3 aromatic rings. The molecule has 9 nitrogen and oxygen atoms in total. The van der Waals surface area contributed by atoms with Crippen LogP contribution in [0.5, 0.6) is 0 Å². The number of hydrogen-bond donors (Lipinski definition) is 1. The van der Waals surface area contributed by atoms with Crippen LogP contribution >= 0.6 is 11.6 Å². The van der Waals surface area contributed by atoms with E-state index in [-0.39, 0.29) is 10.8 Å². The second-order valence-electron chi connectivity index (χ2n) is 7.46. The van der Waals surface area contributed by atoms with Crippen molar-refractivity contribution in [3.63, 3.8) is 0 Å². The summed E-state index contributed by atoms with van der Waals surface area (Å²) in [7, 11) is 3.57. The normalized spacial score (nSPS) is 11.2. The van der Waals surface area contributed by atoms with Crippen LogP contribution in [0.25, 0.3) is 5.65 Å². The Labute approximate surface area is 172 Å². The molecular formula is C19H20ClN7O2. The van der Waals surface area contributed by atoms with Crippen molar-refractivity contribution in [2.24, 2.45) is 0 Å². The minimum atomic E-state index is -0.615. The predicted octanol–water partition coefficient (Wildman–Crippen LogP) is 3.41. The number of carbonyl (C=O) groups is 1. The van der Waals surface area contributed by atoms with Crippen molar-refractivity contribution >= 4 is 40.5 Å². The van der Waals surface area contributed by atoms with Gasteiger partial charge in [0.15, 0.2) is 16.5 Å². The summed E-state index contributed by atoms with van der Waals surface area (Å²) in [5.74, 6) is 0.453. The molecular weight excluding hydrogens is 394 g/mol. The van der Waals surface area contributed by atoms with Gasteiger partial charge in [0.1, 0.15) is 28.9 Å². The van der Waals surface area contributed by atoms with Gasteiger partial charge in [-0.15, -0.1) is 0 Å². The molecule has 0 unspecified atom stereocenters. The highest BCUT2D eigenvalue weighted by atomic mass is 35.5. The van der Waals surface area contributed by atoms with Crippen LogP contribution in [0.3, 0.4) is 0 Å². The van der Waals surface area contributed by atoms with Gasteiger partial charge in [-0.1, -0.05) is 11.6 Å². The van der Waals surface area contributed by atoms with E-state index >= 15 is 0 Å². The van der Waals surface area contributed by atoms with E-state index in [9.17, 15) is 10.1 Å². The Bertz CT molecular complexity index is 1130. The Morgan fingerprint density at radius 1 is 1.34 bits per heavy atom. The summed E-state index contributed by atoms with van der Waals surface area (Å²) >= 11 is 6.09. The standard InChI is InChI=1S/C19H20ClN7O2/c1-19(2,3)29-18(28)12-6-7-15(24-16(12)26(4)5)23-13-8-14(20)25-27-11(9-21)10-22-17(13)27/h6-8,10H,1-5H3,(H,23,24). The topological polar surface area (TPSA) is 108 Å². The third-order valence-electron chi connectivity index (χ3n) is 3.73. The lowest BCUT2D eigenvalue weighted by Gasteiger charge is -2.22. The number of nitrogens with one attached hydrogen (secondary N) is 1. The molecule has 0 spiro atoms. The molecule has 0 saturated carbocycles. The number of rotatable bonds is 4. The molecule has 0 amide bonds. The third kappa shape index (κ3) is 4.38. The zero-order chi connectivity index (χ0) is 21.3. The van der Waals surface area contributed by atoms with Gasteiger partial charge in [0, 0.05) is 20.2 Å². The van der Waals surface area contributed by atoms with Crippen molar-refractivity contribution < 1.29 is 9.53 Å². The Kier molecular flexibility index (Phi) is 5.31. The monoisotopic (exact) mass is 413 g/mol. The number of ether oxygens (including phenoxy) is 1. The van der Waals surface area contributed by atoms with Crippen LogP contribution in [0.4, 0.5) is 17.3 Å². The molecule has 10 heteroatoms. The summed E-state index contributed by atoms with van der Waals surface area (Å²) in [5, 5.41) is 16.6. The van der Waals surface area contributed by atoms with E-state index in [1.54, 1.807) is 37.2 Å². The average Bonchev–Trinajstić information content (AvgIpc) is 3.03. The number of hydrogen-bond acceptors (Lipinski definition) is 8. The molecule has 0 saturated heterocycles. The minimum absolute atomic E-state index is 0.188. The van der Waals surface area contributed by atoms with E-state index in [1.165, 1.54) is 10.7 Å². The van der Waals surface area contributed by atoms with E-state index in [4.69, 9.17) is 16.3 Å². The lowest BCUT2D eigenvalue weighted by atomic mass is 10.2. The third-order valence-corrected chi connectivity index (χ3v) is 3.92. The molecule has 0 bridgehead atoms. The first-order valence-corrected chi connectivity index (χ1v) is 9.10. The van der Waals surface area contributed by atoms with Crippen LogP contribution in [-0.2, 0) is 4.74 Å². The van der Waals surface area contributed by atoms with Gasteiger partial charge in [-0.3, -0.25) is 0 Å². The number of anilines is 3. The Morgan fingerprint density at radius 3 is 2.69 bits per heavy atom. The number of pyridine rings is 1. The molecule has 3 aromatic heterocycles. The molecule has 0 atom stereocenters. The van der Waals surface area contributed by atoms with E-state index in [2.05, 4.69) is 20.4 Å². The van der Waals surface area contributed by atoms with Crippen LogP contribution in [0.1, 0.15) is 36.8 Å². The summed E-state index contributed by atoms with van der Waals surface area (Å²) in [6, 6.07) is 6.90. The fourth-order valence-electron chi connectivity index (χ4n) is 2.60. The van der Waals surface area contributed by atoms with Gasteiger partial charge in [0.25, 0.3) is 0 Å². The van der Waals surface area contributed by atoms with Gasteiger partial charge < -0.3 is 15.0 Å². The molecule has 0 radical (unpaired) electrons. The average molecular weight is 414 g/mol. The fourth-order valence-corrected chi connectivity index (χ4v) is 2.78. The van der Waals surface area contributed by atoms with Gasteiger partial charge in [-0.2, -0.15) is 14.9 Å². The highest BCUT2D eigenvalue weighted by Gasteiger charge is 2.22. The first-order valence-electron chi connectivity index (χ1n) is 8.72. The number of nitriles is 1. The van der Waals surface area contributed by atoms with Crippen LogP contribution in [0, 0.1) is 11.3 Å². The second-order valence-corrected chi connectivity index (χ2v) is 7.85.